The fourth-order valence-corrected chi connectivity index (χ4v) is 3.96. The number of anilines is 1. The van der Waals surface area contributed by atoms with Gasteiger partial charge in [0.1, 0.15) is 5.75 Å². The van der Waals surface area contributed by atoms with Gasteiger partial charge in [-0.3, -0.25) is 9.59 Å². The number of amides is 2. The molecule has 0 radical (unpaired) electrons. The van der Waals surface area contributed by atoms with Crippen LogP contribution in [0, 0.1) is 18.8 Å². The Bertz CT molecular complexity index is 879. The largest absolute Gasteiger partial charge is 0.423 e. The molecule has 1 aliphatic heterocycles. The zero-order valence-electron chi connectivity index (χ0n) is 15.2. The van der Waals surface area contributed by atoms with Gasteiger partial charge in [0.25, 0.3) is 0 Å². The molecule has 27 heavy (non-hydrogen) atoms. The van der Waals surface area contributed by atoms with Crippen LogP contribution in [-0.4, -0.2) is 17.8 Å². The van der Waals surface area contributed by atoms with Gasteiger partial charge in [0.15, 0.2) is 0 Å². The average Bonchev–Trinajstić information content (AvgIpc) is 2.93. The summed E-state index contributed by atoms with van der Waals surface area (Å²) in [5.74, 6) is -0.832. The predicted molar refractivity (Wildman–Crippen MR) is 101 cm³/mol. The monoisotopic (exact) mass is 363 g/mol. The standard InChI is InChI=1S/C22H21NO4/c1-14-9-11-15(12-10-14)22(26)27-17-6-4-5-16(13-17)23-20(24)18-7-2-3-8-19(18)21(23)25/h4-6,9-13,18-19H,2-3,7-8H2,1H3/t18-,19-/m1/s1. The number of imide groups is 1. The van der Waals surface area contributed by atoms with Crippen molar-refractivity contribution in [3.8, 4) is 5.75 Å². The molecule has 138 valence electrons. The van der Waals surface area contributed by atoms with E-state index in [1.165, 1.54) is 4.90 Å². The Morgan fingerprint density at radius 1 is 0.963 bits per heavy atom. The van der Waals surface area contributed by atoms with Crippen LogP contribution >= 0.6 is 0 Å². The molecule has 4 rings (SSSR count). The van der Waals surface area contributed by atoms with Crippen molar-refractivity contribution in [3.05, 3.63) is 59.7 Å². The van der Waals surface area contributed by atoms with Gasteiger partial charge in [-0.15, -0.1) is 0 Å². The Labute approximate surface area is 157 Å². The maximum Gasteiger partial charge on any atom is 0.343 e. The molecule has 0 bridgehead atoms. The fourth-order valence-electron chi connectivity index (χ4n) is 3.96. The van der Waals surface area contributed by atoms with E-state index < -0.39 is 5.97 Å². The molecule has 0 N–H and O–H groups in total. The van der Waals surface area contributed by atoms with E-state index in [0.29, 0.717) is 17.0 Å². The molecule has 2 fully saturated rings. The third kappa shape index (κ3) is 3.25. The molecule has 1 saturated carbocycles. The molecule has 5 heteroatoms. The van der Waals surface area contributed by atoms with Crippen LogP contribution in [0.3, 0.4) is 0 Å². The maximum absolute atomic E-state index is 12.7. The number of fused-ring (bicyclic) bond motifs is 1. The molecule has 2 aliphatic rings. The molecule has 2 aromatic carbocycles. The smallest absolute Gasteiger partial charge is 0.343 e. The zero-order valence-corrected chi connectivity index (χ0v) is 15.2. The topological polar surface area (TPSA) is 63.7 Å². The van der Waals surface area contributed by atoms with Crippen molar-refractivity contribution in [1.29, 1.82) is 0 Å². The molecule has 0 aromatic heterocycles. The second-order valence-corrected chi connectivity index (χ2v) is 7.26. The van der Waals surface area contributed by atoms with Gasteiger partial charge in [0.05, 0.1) is 23.1 Å². The molecule has 2 atom stereocenters. The molecule has 1 saturated heterocycles. The van der Waals surface area contributed by atoms with Crippen LogP contribution in [0.5, 0.6) is 5.75 Å². The van der Waals surface area contributed by atoms with Crippen molar-refractivity contribution in [1.82, 2.24) is 0 Å². The summed E-state index contributed by atoms with van der Waals surface area (Å²) in [4.78, 5) is 39.1. The number of carbonyl (C=O) groups is 3. The first-order valence-electron chi connectivity index (χ1n) is 9.31. The van der Waals surface area contributed by atoms with E-state index in [1.54, 1.807) is 36.4 Å². The van der Waals surface area contributed by atoms with E-state index in [4.69, 9.17) is 4.74 Å². The van der Waals surface area contributed by atoms with E-state index >= 15 is 0 Å². The minimum Gasteiger partial charge on any atom is -0.423 e. The number of ether oxygens (including phenoxy) is 1. The summed E-state index contributed by atoms with van der Waals surface area (Å²) in [5, 5.41) is 0. The first-order valence-corrected chi connectivity index (χ1v) is 9.31. The van der Waals surface area contributed by atoms with Crippen molar-refractivity contribution in [2.45, 2.75) is 32.6 Å². The SMILES string of the molecule is Cc1ccc(C(=O)Oc2cccc(N3C(=O)[C@@H]4CCCC[C@H]4C3=O)c2)cc1. The van der Waals surface area contributed by atoms with Crippen LogP contribution < -0.4 is 9.64 Å². The lowest BCUT2D eigenvalue weighted by Gasteiger charge is -2.19. The van der Waals surface area contributed by atoms with Gasteiger partial charge in [0.2, 0.25) is 11.8 Å². The summed E-state index contributed by atoms with van der Waals surface area (Å²) in [7, 11) is 0. The van der Waals surface area contributed by atoms with Crippen molar-refractivity contribution in [2.24, 2.45) is 11.8 Å². The van der Waals surface area contributed by atoms with E-state index in [0.717, 1.165) is 31.2 Å². The summed E-state index contributed by atoms with van der Waals surface area (Å²) >= 11 is 0. The number of hydrogen-bond donors (Lipinski definition) is 0. The summed E-state index contributed by atoms with van der Waals surface area (Å²) in [6.45, 7) is 1.94. The third-order valence-corrected chi connectivity index (χ3v) is 5.41. The lowest BCUT2D eigenvalue weighted by molar-refractivity contribution is -0.122. The summed E-state index contributed by atoms with van der Waals surface area (Å²) in [6, 6.07) is 13.7. The number of esters is 1. The molecular formula is C22H21NO4. The maximum atomic E-state index is 12.7. The van der Waals surface area contributed by atoms with Crippen molar-refractivity contribution in [3.63, 3.8) is 0 Å². The van der Waals surface area contributed by atoms with Crippen LogP contribution in [0.4, 0.5) is 5.69 Å². The van der Waals surface area contributed by atoms with Crippen LogP contribution in [-0.2, 0) is 9.59 Å². The van der Waals surface area contributed by atoms with Crippen molar-refractivity contribution in [2.75, 3.05) is 4.90 Å². The highest BCUT2D eigenvalue weighted by molar-refractivity contribution is 6.22. The number of benzene rings is 2. The predicted octanol–water partition coefficient (Wildman–Crippen LogP) is 3.89. The van der Waals surface area contributed by atoms with Crippen molar-refractivity contribution >= 4 is 23.5 Å². The molecule has 1 heterocycles. The minimum atomic E-state index is -0.472. The molecule has 0 spiro atoms. The van der Waals surface area contributed by atoms with Crippen LogP contribution in [0.2, 0.25) is 0 Å². The Hall–Kier alpha value is -2.95. The van der Waals surface area contributed by atoms with Gasteiger partial charge in [0, 0.05) is 6.07 Å². The Balaban J connectivity index is 1.56. The minimum absolute atomic E-state index is 0.133. The molecule has 5 nitrogen and oxygen atoms in total. The van der Waals surface area contributed by atoms with E-state index in [1.807, 2.05) is 19.1 Å². The lowest BCUT2D eigenvalue weighted by Crippen LogP contribution is -2.30. The Morgan fingerprint density at radius 2 is 1.59 bits per heavy atom. The van der Waals surface area contributed by atoms with E-state index in [-0.39, 0.29) is 23.7 Å². The average molecular weight is 363 g/mol. The fraction of sp³-hybridized carbons (Fsp3) is 0.318. The van der Waals surface area contributed by atoms with Crippen LogP contribution in [0.25, 0.3) is 0 Å². The van der Waals surface area contributed by atoms with Gasteiger partial charge < -0.3 is 4.74 Å². The highest BCUT2D eigenvalue weighted by Crippen LogP contribution is 2.40. The van der Waals surface area contributed by atoms with Gasteiger partial charge in [-0.05, 0) is 44.0 Å². The number of aryl methyl sites for hydroxylation is 1. The normalized spacial score (nSPS) is 21.9. The first kappa shape index (κ1) is 17.5. The van der Waals surface area contributed by atoms with Crippen molar-refractivity contribution < 1.29 is 19.1 Å². The summed E-state index contributed by atoms with van der Waals surface area (Å²) in [6.07, 6.45) is 3.52. The zero-order chi connectivity index (χ0) is 19.0. The second-order valence-electron chi connectivity index (χ2n) is 7.26. The molecule has 2 amide bonds. The third-order valence-electron chi connectivity index (χ3n) is 5.41. The van der Waals surface area contributed by atoms with Crippen LogP contribution in [0.1, 0.15) is 41.6 Å². The van der Waals surface area contributed by atoms with E-state index in [2.05, 4.69) is 0 Å². The highest BCUT2D eigenvalue weighted by Gasteiger charge is 2.48. The lowest BCUT2D eigenvalue weighted by atomic mass is 9.81. The number of rotatable bonds is 3. The van der Waals surface area contributed by atoms with Gasteiger partial charge in [-0.25, -0.2) is 9.69 Å². The van der Waals surface area contributed by atoms with E-state index in [9.17, 15) is 14.4 Å². The summed E-state index contributed by atoms with van der Waals surface area (Å²) < 4.78 is 5.44. The number of nitrogens with zero attached hydrogens (tertiary/aromatic N) is 1. The molecular weight excluding hydrogens is 342 g/mol. The molecule has 0 unspecified atom stereocenters. The molecule has 2 aromatic rings. The highest BCUT2D eigenvalue weighted by atomic mass is 16.5. The second kappa shape index (κ2) is 6.99. The summed E-state index contributed by atoms with van der Waals surface area (Å²) in [5.41, 5.74) is 1.97. The Morgan fingerprint density at radius 3 is 2.22 bits per heavy atom. The number of carbonyl (C=O) groups excluding carboxylic acids is 3. The van der Waals surface area contributed by atoms with Gasteiger partial charge >= 0.3 is 5.97 Å². The molecule has 1 aliphatic carbocycles. The Kier molecular flexibility index (Phi) is 4.52. The van der Waals surface area contributed by atoms with Gasteiger partial charge in [-0.1, -0.05) is 36.6 Å². The van der Waals surface area contributed by atoms with Gasteiger partial charge in [-0.2, -0.15) is 0 Å². The first-order chi connectivity index (χ1) is 13.0. The van der Waals surface area contributed by atoms with Crippen LogP contribution in [0.15, 0.2) is 48.5 Å². The number of hydrogen-bond acceptors (Lipinski definition) is 4. The quantitative estimate of drug-likeness (QED) is 0.471.